The van der Waals surface area contributed by atoms with E-state index in [4.69, 9.17) is 0 Å². The van der Waals surface area contributed by atoms with Crippen LogP contribution in [0.5, 0.6) is 0 Å². The van der Waals surface area contributed by atoms with Crippen LogP contribution in [0.3, 0.4) is 0 Å². The summed E-state index contributed by atoms with van der Waals surface area (Å²) in [5.74, 6) is 0. The molecule has 0 aromatic heterocycles. The Morgan fingerprint density at radius 2 is 0.884 bits per heavy atom. The average molecular weight is 595 g/mol. The Hall–Kier alpha value is -2.77. The Balaban J connectivity index is 2.35. The van der Waals surface area contributed by atoms with Gasteiger partial charge in [-0.05, 0) is 77.8 Å². The molecule has 0 unspecified atom stereocenters. The first kappa shape index (κ1) is 33.1. The van der Waals surface area contributed by atoms with Gasteiger partial charge in [0.2, 0.25) is 0 Å². The Morgan fingerprint density at radius 1 is 0.419 bits per heavy atom. The molecule has 0 fully saturated rings. The van der Waals surface area contributed by atoms with Crippen LogP contribution in [-0.4, -0.2) is 9.79 Å². The van der Waals surface area contributed by atoms with Gasteiger partial charge in [-0.25, -0.2) is 0 Å². The van der Waals surface area contributed by atoms with Crippen LogP contribution >= 0.6 is 8.38 Å². The van der Waals surface area contributed by atoms with Crippen molar-refractivity contribution in [3.8, 4) is 33.4 Å². The molecule has 43 heavy (non-hydrogen) atoms. The zero-order valence-corrected chi connectivity index (χ0v) is 29.2. The van der Waals surface area contributed by atoms with E-state index in [1.807, 2.05) is 24.3 Å². The Bertz CT molecular complexity index is 1600. The molecule has 0 saturated carbocycles. The van der Waals surface area contributed by atoms with Gasteiger partial charge in [0.05, 0.1) is 0 Å². The number of hydrogen-bond acceptors (Lipinski definition) is 2. The number of hydrogen-bond donors (Lipinski definition) is 2. The van der Waals surface area contributed by atoms with E-state index in [0.29, 0.717) is 5.30 Å². The molecule has 0 atom stereocenters. The summed E-state index contributed by atoms with van der Waals surface area (Å²) < 4.78 is 0. The summed E-state index contributed by atoms with van der Waals surface area (Å²) in [5.41, 5.74) is 11.3. The van der Waals surface area contributed by atoms with Gasteiger partial charge >= 0.3 is 0 Å². The third-order valence-corrected chi connectivity index (χ3v) is 9.07. The van der Waals surface area contributed by atoms with Crippen molar-refractivity contribution in [2.45, 2.75) is 105 Å². The van der Waals surface area contributed by atoms with Crippen molar-refractivity contribution in [3.05, 3.63) is 101 Å². The first-order valence-corrected chi connectivity index (χ1v) is 16.7. The topological polar surface area (TPSA) is 40.5 Å². The summed E-state index contributed by atoms with van der Waals surface area (Å²) in [5, 5.41) is 0.574. The summed E-state index contributed by atoms with van der Waals surface area (Å²) in [4.78, 5) is 21.7. The minimum Gasteiger partial charge on any atom is -0.347 e. The van der Waals surface area contributed by atoms with Gasteiger partial charge in [0.1, 0.15) is 0 Å². The predicted molar refractivity (Wildman–Crippen MR) is 189 cm³/mol. The second-order valence-corrected chi connectivity index (χ2v) is 17.1. The molecule has 2 N–H and O–H groups in total. The van der Waals surface area contributed by atoms with E-state index in [0.717, 1.165) is 27.8 Å². The zero-order valence-electron chi connectivity index (χ0n) is 28.3. The van der Waals surface area contributed by atoms with Gasteiger partial charge in [0.15, 0.2) is 8.38 Å². The Morgan fingerprint density at radius 3 is 1.33 bits per heavy atom. The monoisotopic (exact) mass is 594 g/mol. The summed E-state index contributed by atoms with van der Waals surface area (Å²) >= 11 is 0. The highest BCUT2D eigenvalue weighted by atomic mass is 31.2. The molecule has 2 nitrogen and oxygen atoms in total. The maximum Gasteiger partial charge on any atom is 0.200 e. The number of benzene rings is 4. The van der Waals surface area contributed by atoms with Crippen molar-refractivity contribution >= 4 is 13.7 Å². The smallest absolute Gasteiger partial charge is 0.200 e. The maximum atomic E-state index is 10.9. The summed E-state index contributed by atoms with van der Waals surface area (Å²) in [6.07, 6.45) is 0. The second kappa shape index (κ2) is 11.6. The normalized spacial score (nSPS) is 13.1. The van der Waals surface area contributed by atoms with Gasteiger partial charge in [0, 0.05) is 10.9 Å². The van der Waals surface area contributed by atoms with Crippen LogP contribution in [-0.2, 0) is 21.7 Å². The summed E-state index contributed by atoms with van der Waals surface area (Å²) in [6.45, 7) is 27.5. The van der Waals surface area contributed by atoms with Crippen LogP contribution in [0.2, 0.25) is 0 Å². The van der Waals surface area contributed by atoms with E-state index in [2.05, 4.69) is 138 Å². The van der Waals surface area contributed by atoms with Gasteiger partial charge in [-0.2, -0.15) is 0 Å². The van der Waals surface area contributed by atoms with Crippen molar-refractivity contribution in [2.24, 2.45) is 0 Å². The molecule has 0 amide bonds. The molecule has 0 spiro atoms. The van der Waals surface area contributed by atoms with E-state index >= 15 is 0 Å². The molecule has 0 heterocycles. The highest BCUT2D eigenvalue weighted by Crippen LogP contribution is 2.50. The molecule has 228 valence electrons. The van der Waals surface area contributed by atoms with Crippen molar-refractivity contribution in [1.82, 2.24) is 0 Å². The van der Waals surface area contributed by atoms with Crippen LogP contribution in [0.1, 0.15) is 105 Å². The third kappa shape index (κ3) is 6.68. The fourth-order valence-electron chi connectivity index (χ4n) is 6.56. The molecule has 0 radical (unpaired) electrons. The van der Waals surface area contributed by atoms with Crippen molar-refractivity contribution in [3.63, 3.8) is 0 Å². The third-order valence-electron chi connectivity index (χ3n) is 8.27. The SMILES string of the molecule is CC(C)(C)c1cccc(-c2ccc(P(O)O)c(-c3ccccc3)c2-c2cccc(C(C)(C)C)c2C(C)(C)C)c1C(C)(C)C. The van der Waals surface area contributed by atoms with Crippen molar-refractivity contribution < 1.29 is 9.79 Å². The van der Waals surface area contributed by atoms with Crippen LogP contribution in [0.25, 0.3) is 33.4 Å². The minimum absolute atomic E-state index is 0.0474. The lowest BCUT2D eigenvalue weighted by Gasteiger charge is -2.35. The quantitative estimate of drug-likeness (QED) is 0.231. The first-order valence-electron chi connectivity index (χ1n) is 15.4. The van der Waals surface area contributed by atoms with Gasteiger partial charge in [-0.15, -0.1) is 0 Å². The van der Waals surface area contributed by atoms with Crippen LogP contribution in [0.15, 0.2) is 78.9 Å². The average Bonchev–Trinajstić information content (AvgIpc) is 2.90. The minimum atomic E-state index is -2.35. The predicted octanol–water partition coefficient (Wildman–Crippen LogP) is 10.8. The highest BCUT2D eigenvalue weighted by Gasteiger charge is 2.33. The zero-order chi connectivity index (χ0) is 32.1. The molecule has 0 saturated heterocycles. The highest BCUT2D eigenvalue weighted by molar-refractivity contribution is 7.54. The van der Waals surface area contributed by atoms with E-state index in [-0.39, 0.29) is 21.7 Å². The van der Waals surface area contributed by atoms with Gasteiger partial charge in [-0.1, -0.05) is 156 Å². The lowest BCUT2D eigenvalue weighted by Crippen LogP contribution is -2.24. The first-order chi connectivity index (χ1) is 19.7. The van der Waals surface area contributed by atoms with Crippen LogP contribution in [0.4, 0.5) is 0 Å². The van der Waals surface area contributed by atoms with Gasteiger partial charge < -0.3 is 9.79 Å². The standard InChI is InChI=1S/C40H51O2P/c1-37(2,3)30-22-16-20-28(35(30)39(7,8)9)27-24-25-32(43(41)42)33(26-18-14-13-15-19-26)34(27)29-21-17-23-31(38(4,5)6)36(29)40(10,11)12/h13-25,41-42H,1-12H3. The maximum absolute atomic E-state index is 10.9. The second-order valence-electron chi connectivity index (χ2n) is 16.0. The molecule has 4 aromatic rings. The van der Waals surface area contributed by atoms with Crippen molar-refractivity contribution in [2.75, 3.05) is 0 Å². The fourth-order valence-corrected chi connectivity index (χ4v) is 7.21. The molecule has 4 rings (SSSR count). The van der Waals surface area contributed by atoms with E-state index < -0.39 is 8.38 Å². The van der Waals surface area contributed by atoms with E-state index in [1.165, 1.54) is 27.8 Å². The molecule has 4 aromatic carbocycles. The molecule has 0 aliphatic heterocycles. The van der Waals surface area contributed by atoms with E-state index in [1.54, 1.807) is 0 Å². The van der Waals surface area contributed by atoms with Gasteiger partial charge in [-0.3, -0.25) is 0 Å². The largest absolute Gasteiger partial charge is 0.347 e. The molecule has 0 aliphatic carbocycles. The van der Waals surface area contributed by atoms with E-state index in [9.17, 15) is 9.79 Å². The molecular formula is C40H51O2P. The van der Waals surface area contributed by atoms with Crippen LogP contribution < -0.4 is 5.30 Å². The summed E-state index contributed by atoms with van der Waals surface area (Å²) in [7, 11) is -2.35. The Labute approximate surface area is 262 Å². The lowest BCUT2D eigenvalue weighted by molar-refractivity contribution is 0.497. The molecule has 3 heteroatoms. The van der Waals surface area contributed by atoms with Crippen LogP contribution in [0, 0.1) is 0 Å². The summed E-state index contributed by atoms with van der Waals surface area (Å²) in [6, 6.07) is 27.7. The van der Waals surface area contributed by atoms with Gasteiger partial charge in [0.25, 0.3) is 0 Å². The molecular weight excluding hydrogens is 543 g/mol. The molecule has 0 aliphatic rings. The number of rotatable bonds is 4. The fraction of sp³-hybridized carbons (Fsp3) is 0.400. The molecule has 0 bridgehead atoms. The lowest BCUT2D eigenvalue weighted by atomic mass is 9.69. The van der Waals surface area contributed by atoms with Crippen molar-refractivity contribution in [1.29, 1.82) is 0 Å². The Kier molecular flexibility index (Phi) is 8.96.